The van der Waals surface area contributed by atoms with E-state index < -0.39 is 5.82 Å². The molecule has 11 heteroatoms. The average molecular weight is 613 g/mol. The van der Waals surface area contributed by atoms with Crippen molar-refractivity contribution in [3.05, 3.63) is 46.9 Å². The summed E-state index contributed by atoms with van der Waals surface area (Å²) in [4.78, 5) is 30.4. The van der Waals surface area contributed by atoms with E-state index in [0.717, 1.165) is 83.0 Å². The lowest BCUT2D eigenvalue weighted by Crippen LogP contribution is -2.61. The van der Waals surface area contributed by atoms with Crippen molar-refractivity contribution < 1.29 is 23.8 Å². The maximum absolute atomic E-state index is 14.9. The Labute approximate surface area is 261 Å². The second-order valence-electron chi connectivity index (χ2n) is 13.2. The minimum Gasteiger partial charge on any atom is -0.508 e. The third-order valence-electron chi connectivity index (χ3n) is 10.2. The highest BCUT2D eigenvalue weighted by atomic mass is 19.1. The Balaban J connectivity index is 1.16. The highest BCUT2D eigenvalue weighted by Gasteiger charge is 2.46. The van der Waals surface area contributed by atoms with E-state index in [-0.39, 0.29) is 40.4 Å². The van der Waals surface area contributed by atoms with Crippen LogP contribution in [0.1, 0.15) is 47.3 Å². The number of ether oxygens (including phenoxy) is 2. The van der Waals surface area contributed by atoms with Gasteiger partial charge in [-0.2, -0.15) is 9.97 Å². The molecular formula is C34H37FN6O4. The summed E-state index contributed by atoms with van der Waals surface area (Å²) in [6.07, 6.45) is 10.6. The fourth-order valence-corrected chi connectivity index (χ4v) is 7.55. The van der Waals surface area contributed by atoms with Crippen molar-refractivity contribution in [2.45, 2.75) is 44.2 Å². The quantitative estimate of drug-likeness (QED) is 0.390. The molecule has 6 heterocycles. The topological polar surface area (TPSA) is 103 Å². The van der Waals surface area contributed by atoms with Crippen molar-refractivity contribution in [2.24, 2.45) is 5.41 Å². The molecule has 1 saturated carbocycles. The number of morpholine rings is 1. The van der Waals surface area contributed by atoms with Crippen LogP contribution in [0.3, 0.4) is 0 Å². The summed E-state index contributed by atoms with van der Waals surface area (Å²) in [6, 6.07) is 6.71. The van der Waals surface area contributed by atoms with Crippen molar-refractivity contribution in [3.63, 3.8) is 0 Å². The third-order valence-corrected chi connectivity index (χ3v) is 10.2. The smallest absolute Gasteiger partial charge is 0.319 e. The molecule has 2 N–H and O–H groups in total. The van der Waals surface area contributed by atoms with Crippen molar-refractivity contribution in [2.75, 3.05) is 68.9 Å². The Kier molecular flexibility index (Phi) is 7.04. The number of nitrogens with one attached hydrogen (secondary N) is 1. The van der Waals surface area contributed by atoms with Crippen molar-refractivity contribution in [1.29, 1.82) is 0 Å². The summed E-state index contributed by atoms with van der Waals surface area (Å²) in [5.74, 6) is 2.28. The number of phenols is 1. The Morgan fingerprint density at radius 1 is 1.18 bits per heavy atom. The highest BCUT2D eigenvalue weighted by Crippen LogP contribution is 2.47. The van der Waals surface area contributed by atoms with E-state index in [1.807, 2.05) is 0 Å². The normalized spacial score (nSPS) is 24.0. The van der Waals surface area contributed by atoms with Gasteiger partial charge >= 0.3 is 6.01 Å². The fraction of sp³-hybridized carbons (Fsp3) is 0.500. The van der Waals surface area contributed by atoms with Gasteiger partial charge in [0.05, 0.1) is 31.1 Å². The molecule has 5 fully saturated rings. The number of benzene rings is 2. The predicted molar refractivity (Wildman–Crippen MR) is 167 cm³/mol. The molecule has 1 aromatic heterocycles. The largest absolute Gasteiger partial charge is 0.508 e. The molecule has 1 amide bonds. The van der Waals surface area contributed by atoms with Crippen LogP contribution in [0.25, 0.3) is 10.8 Å². The van der Waals surface area contributed by atoms with Gasteiger partial charge in [-0.1, -0.05) is 12.0 Å². The SMILES string of the molecule is C#Cc1c(F)ccc2cc(O)cc(N3CCc4c(nc(OCC5(CN6CCOCC6)CC5)nc4N4CC5CCC4CN5)C3=O)c12. The Bertz CT molecular complexity index is 1710. The number of terminal acetylenes is 1. The number of carbonyl (C=O) groups is 1. The molecule has 1 aliphatic carbocycles. The number of phenolic OH excluding ortho intramolecular Hbond substituents is 1. The van der Waals surface area contributed by atoms with Gasteiger partial charge in [0, 0.05) is 73.8 Å². The Morgan fingerprint density at radius 3 is 2.73 bits per heavy atom. The number of hydrogen-bond acceptors (Lipinski definition) is 9. The molecule has 9 rings (SSSR count). The van der Waals surface area contributed by atoms with Crippen LogP contribution in [0.2, 0.25) is 0 Å². The summed E-state index contributed by atoms with van der Waals surface area (Å²) in [7, 11) is 0. The number of hydrogen-bond donors (Lipinski definition) is 2. The van der Waals surface area contributed by atoms with E-state index in [2.05, 4.69) is 21.0 Å². The van der Waals surface area contributed by atoms with E-state index in [0.29, 0.717) is 42.1 Å². The fourth-order valence-electron chi connectivity index (χ4n) is 7.55. The van der Waals surface area contributed by atoms with Crippen LogP contribution in [-0.2, 0) is 11.2 Å². The second-order valence-corrected chi connectivity index (χ2v) is 13.2. The molecular weight excluding hydrogens is 575 g/mol. The number of aromatic hydroxyl groups is 1. The maximum Gasteiger partial charge on any atom is 0.319 e. The van der Waals surface area contributed by atoms with Gasteiger partial charge < -0.3 is 29.7 Å². The molecule has 4 saturated heterocycles. The molecule has 10 nitrogen and oxygen atoms in total. The summed E-state index contributed by atoms with van der Waals surface area (Å²) in [5, 5.41) is 15.2. The van der Waals surface area contributed by atoms with Gasteiger partial charge in [-0.15, -0.1) is 6.42 Å². The molecule has 2 aromatic carbocycles. The third kappa shape index (κ3) is 5.15. The van der Waals surface area contributed by atoms with Gasteiger partial charge in [-0.05, 0) is 49.6 Å². The van der Waals surface area contributed by atoms with Gasteiger partial charge in [0.25, 0.3) is 5.91 Å². The molecule has 6 aliphatic rings. The van der Waals surface area contributed by atoms with Gasteiger partial charge in [-0.3, -0.25) is 9.69 Å². The van der Waals surface area contributed by atoms with Crippen LogP contribution in [0.15, 0.2) is 24.3 Å². The zero-order chi connectivity index (χ0) is 30.7. The van der Waals surface area contributed by atoms with Crippen molar-refractivity contribution >= 4 is 28.2 Å². The number of nitrogens with zero attached hydrogens (tertiary/aromatic N) is 5. The Hall–Kier alpha value is -3.98. The standard InChI is InChI=1S/C34H37FN6O4/c1-2-25-27(35)6-3-21-15-24(42)16-28(29(21)25)40-10-7-26-30(32(40)43)37-33(38-31(26)41-18-22-4-5-23(41)17-36-22)45-20-34(8-9-34)19-39-11-13-44-14-12-39/h1,3,6,15-16,22-23,36,42H,4-5,7-14,17-20H2. The summed E-state index contributed by atoms with van der Waals surface area (Å²) < 4.78 is 26.8. The zero-order valence-electron chi connectivity index (χ0n) is 25.2. The van der Waals surface area contributed by atoms with Crippen LogP contribution in [0.4, 0.5) is 15.9 Å². The second kappa shape index (κ2) is 11.1. The molecule has 234 valence electrons. The minimum atomic E-state index is -0.554. The van der Waals surface area contributed by atoms with Gasteiger partial charge in [-0.25, -0.2) is 4.39 Å². The molecule has 2 bridgehead atoms. The van der Waals surface area contributed by atoms with E-state index >= 15 is 0 Å². The van der Waals surface area contributed by atoms with Gasteiger partial charge in [0.1, 0.15) is 23.1 Å². The lowest BCUT2D eigenvalue weighted by Gasteiger charge is -2.47. The maximum atomic E-state index is 14.9. The van der Waals surface area contributed by atoms with E-state index in [1.165, 1.54) is 18.2 Å². The molecule has 2 atom stereocenters. The van der Waals surface area contributed by atoms with Gasteiger partial charge in [0.15, 0.2) is 0 Å². The van der Waals surface area contributed by atoms with Crippen LogP contribution < -0.4 is 19.9 Å². The minimum absolute atomic E-state index is 0.0371. The van der Waals surface area contributed by atoms with Gasteiger partial charge in [0.2, 0.25) is 0 Å². The molecule has 3 aromatic rings. The first-order valence-corrected chi connectivity index (χ1v) is 16.0. The number of carbonyl (C=O) groups excluding carboxylic acids is 1. The van der Waals surface area contributed by atoms with Crippen molar-refractivity contribution in [1.82, 2.24) is 20.2 Å². The number of anilines is 2. The number of rotatable bonds is 7. The van der Waals surface area contributed by atoms with Crippen LogP contribution in [0.5, 0.6) is 11.8 Å². The zero-order valence-corrected chi connectivity index (χ0v) is 25.2. The van der Waals surface area contributed by atoms with Crippen molar-refractivity contribution in [3.8, 4) is 24.1 Å². The number of halogens is 1. The number of piperidine rings is 2. The van der Waals surface area contributed by atoms with Crippen LogP contribution >= 0.6 is 0 Å². The van der Waals surface area contributed by atoms with Crippen LogP contribution in [-0.4, -0.2) is 97.1 Å². The molecule has 0 radical (unpaired) electrons. The lowest BCUT2D eigenvalue weighted by atomic mass is 9.92. The lowest BCUT2D eigenvalue weighted by molar-refractivity contribution is 0.0231. The predicted octanol–water partition coefficient (Wildman–Crippen LogP) is 3.09. The summed E-state index contributed by atoms with van der Waals surface area (Å²) in [6.45, 7) is 6.78. The van der Waals surface area contributed by atoms with Crippen LogP contribution in [0, 0.1) is 23.6 Å². The molecule has 2 unspecified atom stereocenters. The van der Waals surface area contributed by atoms with E-state index in [9.17, 15) is 14.3 Å². The van der Waals surface area contributed by atoms with E-state index in [4.69, 9.17) is 25.9 Å². The number of fused-ring (bicyclic) bond motifs is 5. The average Bonchev–Trinajstić information content (AvgIpc) is 3.84. The van der Waals surface area contributed by atoms with E-state index in [1.54, 1.807) is 11.0 Å². The summed E-state index contributed by atoms with van der Waals surface area (Å²) >= 11 is 0. The molecule has 0 spiro atoms. The number of amides is 1. The number of aromatic nitrogens is 2. The summed E-state index contributed by atoms with van der Waals surface area (Å²) in [5.41, 5.74) is 1.55. The highest BCUT2D eigenvalue weighted by molar-refractivity contribution is 6.13. The monoisotopic (exact) mass is 612 g/mol. The number of piperazine rings is 1. The first-order chi connectivity index (χ1) is 21.9. The first kappa shape index (κ1) is 28.5. The first-order valence-electron chi connectivity index (χ1n) is 16.0. The molecule has 5 aliphatic heterocycles. The Morgan fingerprint density at radius 2 is 2.02 bits per heavy atom. The molecule has 45 heavy (non-hydrogen) atoms.